The summed E-state index contributed by atoms with van der Waals surface area (Å²) in [5.41, 5.74) is 5.69. The molecular formula is C30H45FN4O8. The summed E-state index contributed by atoms with van der Waals surface area (Å²) in [7, 11) is 0. The molecule has 0 unspecified atom stereocenters. The van der Waals surface area contributed by atoms with Gasteiger partial charge in [0.25, 0.3) is 5.69 Å². The third-order valence-electron chi connectivity index (χ3n) is 6.66. The van der Waals surface area contributed by atoms with Crippen LogP contribution in [0.25, 0.3) is 0 Å². The van der Waals surface area contributed by atoms with Crippen LogP contribution in [-0.4, -0.2) is 59.9 Å². The summed E-state index contributed by atoms with van der Waals surface area (Å²) in [6, 6.07) is 11.7. The van der Waals surface area contributed by atoms with Crippen molar-refractivity contribution in [3.8, 4) is 0 Å². The van der Waals surface area contributed by atoms with Gasteiger partial charge in [-0.1, -0.05) is 38.1 Å². The number of nitrogens with zero attached hydrogens (tertiary/aromatic N) is 2. The summed E-state index contributed by atoms with van der Waals surface area (Å²) in [6.45, 7) is 14.6. The van der Waals surface area contributed by atoms with Gasteiger partial charge in [0.15, 0.2) is 11.6 Å². The maximum atomic E-state index is 12.4. The molecule has 2 aromatic carbocycles. The lowest BCUT2D eigenvalue weighted by atomic mass is 10.0. The van der Waals surface area contributed by atoms with E-state index in [2.05, 4.69) is 19.2 Å². The van der Waals surface area contributed by atoms with Crippen LogP contribution >= 0.6 is 0 Å². The Morgan fingerprint density at radius 2 is 1.33 bits per heavy atom. The molecule has 0 radical (unpaired) electrons. The van der Waals surface area contributed by atoms with Gasteiger partial charge >= 0.3 is 5.69 Å². The van der Waals surface area contributed by atoms with Crippen molar-refractivity contribution in [2.75, 3.05) is 31.6 Å². The Bertz CT molecular complexity index is 1180. The lowest BCUT2D eigenvalue weighted by molar-refractivity contribution is -0.387. The summed E-state index contributed by atoms with van der Waals surface area (Å²) in [6.07, 6.45) is 2.18. The fourth-order valence-electron chi connectivity index (χ4n) is 4.50. The summed E-state index contributed by atoms with van der Waals surface area (Å²) in [5.74, 6) is -0.845. The lowest BCUT2D eigenvalue weighted by Gasteiger charge is -2.19. The van der Waals surface area contributed by atoms with Crippen LogP contribution in [-0.2, 0) is 18.9 Å². The van der Waals surface area contributed by atoms with Gasteiger partial charge in [0.2, 0.25) is 5.82 Å². The van der Waals surface area contributed by atoms with E-state index < -0.39 is 22.2 Å². The van der Waals surface area contributed by atoms with Crippen LogP contribution in [0.4, 0.5) is 21.5 Å². The number of nitrogens with one attached hydrogen (secondary N) is 1. The van der Waals surface area contributed by atoms with Crippen molar-refractivity contribution < 1.29 is 33.2 Å². The highest BCUT2D eigenvalue weighted by atomic mass is 19.1. The molecule has 2 saturated heterocycles. The van der Waals surface area contributed by atoms with Crippen molar-refractivity contribution in [1.82, 2.24) is 0 Å². The van der Waals surface area contributed by atoms with Gasteiger partial charge in [-0.05, 0) is 71.0 Å². The number of nitro groups is 2. The fraction of sp³-hybridized carbons (Fsp3) is 0.600. The van der Waals surface area contributed by atoms with Crippen LogP contribution in [0.2, 0.25) is 0 Å². The quantitative estimate of drug-likeness (QED) is 0.240. The second-order valence-electron chi connectivity index (χ2n) is 11.7. The van der Waals surface area contributed by atoms with Crippen LogP contribution < -0.4 is 11.1 Å². The molecule has 2 aromatic rings. The van der Waals surface area contributed by atoms with E-state index in [1.807, 2.05) is 27.7 Å². The molecule has 0 amide bonds. The molecule has 0 bridgehead atoms. The van der Waals surface area contributed by atoms with Gasteiger partial charge in [0.1, 0.15) is 5.69 Å². The number of nitrogens with two attached hydrogens (primary N) is 1. The molecule has 3 N–H and O–H groups in total. The monoisotopic (exact) mass is 608 g/mol. The van der Waals surface area contributed by atoms with Crippen molar-refractivity contribution in [2.45, 2.75) is 78.2 Å². The molecule has 0 saturated carbocycles. The number of hydrogen-bond acceptors (Lipinski definition) is 10. The number of nitro benzene ring substituents is 2. The Labute approximate surface area is 252 Å². The minimum Gasteiger partial charge on any atom is -0.379 e. The van der Waals surface area contributed by atoms with Gasteiger partial charge in [-0.2, -0.15) is 4.39 Å². The zero-order valence-electron chi connectivity index (χ0n) is 25.8. The first-order valence-electron chi connectivity index (χ1n) is 14.3. The second-order valence-corrected chi connectivity index (χ2v) is 11.7. The molecule has 0 aromatic heterocycles. The largest absolute Gasteiger partial charge is 0.379 e. The standard InChI is InChI=1S/C15H22N2O4.C9H19NO2.C6H4FNO2/c1-11(8-12-10-20-15(2,3)21-12)9-16-13-6-4-5-7-14(13)17(18)19;1-7(5-10)4-8-6-11-9(2,3)12-8;7-5-3-1-2-4-6(5)8(9)10/h4-7,11-12,16H,8-10H2,1-3H3;7-8H,4-6,10H2,1-3H3;1-4H/t11-,12+;7-,8+;/m11./s1. The van der Waals surface area contributed by atoms with Gasteiger partial charge in [-0.3, -0.25) is 20.2 Å². The average Bonchev–Trinajstić information content (AvgIpc) is 3.47. The molecule has 4 atom stereocenters. The molecule has 2 aliphatic heterocycles. The first-order valence-corrected chi connectivity index (χ1v) is 14.3. The van der Waals surface area contributed by atoms with Crippen molar-refractivity contribution >= 4 is 17.1 Å². The third kappa shape index (κ3) is 12.9. The lowest BCUT2D eigenvalue weighted by Crippen LogP contribution is -2.24. The van der Waals surface area contributed by atoms with E-state index in [-0.39, 0.29) is 28.6 Å². The first kappa shape index (κ1) is 36.0. The van der Waals surface area contributed by atoms with E-state index in [0.29, 0.717) is 37.3 Å². The maximum absolute atomic E-state index is 12.4. The Morgan fingerprint density at radius 1 is 0.860 bits per heavy atom. The highest BCUT2D eigenvalue weighted by Gasteiger charge is 2.34. The van der Waals surface area contributed by atoms with E-state index in [0.717, 1.165) is 31.5 Å². The van der Waals surface area contributed by atoms with E-state index in [1.54, 1.807) is 18.2 Å². The topological polar surface area (TPSA) is 161 Å². The second kappa shape index (κ2) is 16.6. The SMILES string of the molecule is C[C@@H](CN)C[C@H]1COC(C)(C)O1.C[C@@H](CNc1ccccc1[N+](=O)[O-])C[C@H]1COC(C)(C)O1.O=[N+]([O-])c1ccccc1F. The maximum Gasteiger partial charge on any atom is 0.304 e. The molecular weight excluding hydrogens is 563 g/mol. The molecule has 4 rings (SSSR count). The van der Waals surface area contributed by atoms with Crippen LogP contribution in [0, 0.1) is 37.9 Å². The minimum absolute atomic E-state index is 0.0857. The number of benzene rings is 2. The normalized spacial score (nSPS) is 21.4. The molecule has 2 aliphatic rings. The molecule has 0 spiro atoms. The number of para-hydroxylation sites is 3. The molecule has 2 fully saturated rings. The Balaban J connectivity index is 0.000000248. The van der Waals surface area contributed by atoms with Crippen LogP contribution in [0.15, 0.2) is 48.5 Å². The molecule has 2 heterocycles. The average molecular weight is 609 g/mol. The summed E-state index contributed by atoms with van der Waals surface area (Å²) in [5, 5.41) is 24.1. The van der Waals surface area contributed by atoms with E-state index >= 15 is 0 Å². The Kier molecular flexibility index (Phi) is 13.9. The van der Waals surface area contributed by atoms with Crippen molar-refractivity contribution in [3.63, 3.8) is 0 Å². The number of ether oxygens (including phenoxy) is 4. The zero-order chi connectivity index (χ0) is 32.2. The molecule has 12 nitrogen and oxygen atoms in total. The summed E-state index contributed by atoms with van der Waals surface area (Å²) < 4.78 is 34.8. The zero-order valence-corrected chi connectivity index (χ0v) is 25.8. The van der Waals surface area contributed by atoms with Crippen LogP contribution in [0.5, 0.6) is 0 Å². The summed E-state index contributed by atoms with van der Waals surface area (Å²) in [4.78, 5) is 19.8. The van der Waals surface area contributed by atoms with Crippen molar-refractivity contribution in [2.24, 2.45) is 17.6 Å². The Morgan fingerprint density at radius 3 is 1.74 bits per heavy atom. The van der Waals surface area contributed by atoms with Gasteiger partial charge in [-0.25, -0.2) is 0 Å². The molecule has 43 heavy (non-hydrogen) atoms. The van der Waals surface area contributed by atoms with Gasteiger partial charge in [0, 0.05) is 18.7 Å². The predicted molar refractivity (Wildman–Crippen MR) is 161 cm³/mol. The van der Waals surface area contributed by atoms with E-state index in [9.17, 15) is 24.6 Å². The van der Waals surface area contributed by atoms with Crippen molar-refractivity contribution in [1.29, 1.82) is 0 Å². The fourth-order valence-corrected chi connectivity index (χ4v) is 4.50. The minimum atomic E-state index is -0.799. The van der Waals surface area contributed by atoms with Crippen LogP contribution in [0.1, 0.15) is 54.4 Å². The van der Waals surface area contributed by atoms with Crippen LogP contribution in [0.3, 0.4) is 0 Å². The number of hydrogen-bond donors (Lipinski definition) is 2. The van der Waals surface area contributed by atoms with Gasteiger partial charge < -0.3 is 30.0 Å². The number of anilines is 1. The van der Waals surface area contributed by atoms with Gasteiger partial charge in [0.05, 0.1) is 35.3 Å². The van der Waals surface area contributed by atoms with Gasteiger partial charge in [-0.15, -0.1) is 0 Å². The number of rotatable bonds is 10. The van der Waals surface area contributed by atoms with E-state index in [1.165, 1.54) is 18.2 Å². The highest BCUT2D eigenvalue weighted by Crippen LogP contribution is 2.28. The molecule has 0 aliphatic carbocycles. The molecule has 13 heteroatoms. The first-order chi connectivity index (χ1) is 20.1. The smallest absolute Gasteiger partial charge is 0.304 e. The molecule has 240 valence electrons. The predicted octanol–water partition coefficient (Wildman–Crippen LogP) is 6.04. The number of halogens is 1. The highest BCUT2D eigenvalue weighted by molar-refractivity contribution is 5.61. The summed E-state index contributed by atoms with van der Waals surface area (Å²) >= 11 is 0. The van der Waals surface area contributed by atoms with Crippen molar-refractivity contribution in [3.05, 3.63) is 74.6 Å². The third-order valence-corrected chi connectivity index (χ3v) is 6.66. The Hall–Kier alpha value is -3.23. The van der Waals surface area contributed by atoms with E-state index in [4.69, 9.17) is 24.7 Å².